The van der Waals surface area contributed by atoms with E-state index in [1.54, 1.807) is 12.1 Å². The van der Waals surface area contributed by atoms with E-state index in [1.807, 2.05) is 6.92 Å². The normalized spacial score (nSPS) is 23.6. The van der Waals surface area contributed by atoms with Gasteiger partial charge in [-0.2, -0.15) is 0 Å². The van der Waals surface area contributed by atoms with Crippen LogP contribution in [0.25, 0.3) is 0 Å². The molecular formula is C11H13BrN2O3. The first-order chi connectivity index (χ1) is 8.08. The van der Waals surface area contributed by atoms with Gasteiger partial charge in [-0.15, -0.1) is 0 Å². The molecule has 0 aromatic heterocycles. The predicted molar refractivity (Wildman–Crippen MR) is 68.2 cm³/mol. The highest BCUT2D eigenvalue weighted by atomic mass is 79.9. The maximum absolute atomic E-state index is 10.9. The van der Waals surface area contributed by atoms with Crippen molar-refractivity contribution in [1.29, 1.82) is 0 Å². The molecule has 1 aromatic rings. The average Bonchev–Trinajstić information content (AvgIpc) is 2.64. The highest BCUT2D eigenvalue weighted by Crippen LogP contribution is 2.30. The number of nitrogens with zero attached hydrogens (tertiary/aromatic N) is 1. The molecule has 6 heteroatoms. The van der Waals surface area contributed by atoms with Crippen molar-refractivity contribution in [3.05, 3.63) is 32.8 Å². The largest absolute Gasteiger partial charge is 0.376 e. The lowest BCUT2D eigenvalue weighted by atomic mass is 10.1. The second-order valence-corrected chi connectivity index (χ2v) is 4.95. The molecule has 2 unspecified atom stereocenters. The number of halogens is 1. The van der Waals surface area contributed by atoms with Gasteiger partial charge < -0.3 is 10.1 Å². The van der Waals surface area contributed by atoms with Gasteiger partial charge in [0.1, 0.15) is 5.69 Å². The zero-order valence-electron chi connectivity index (χ0n) is 9.35. The summed E-state index contributed by atoms with van der Waals surface area (Å²) in [5.41, 5.74) is 0.624. The van der Waals surface area contributed by atoms with Crippen LogP contribution in [0, 0.1) is 10.1 Å². The van der Waals surface area contributed by atoms with Crippen molar-refractivity contribution in [1.82, 2.24) is 0 Å². The predicted octanol–water partition coefficient (Wildman–Crippen LogP) is 2.95. The summed E-state index contributed by atoms with van der Waals surface area (Å²) in [7, 11) is 0. The zero-order chi connectivity index (χ0) is 12.4. The van der Waals surface area contributed by atoms with Crippen LogP contribution in [-0.2, 0) is 4.74 Å². The Bertz CT molecular complexity index is 439. The topological polar surface area (TPSA) is 64.4 Å². The van der Waals surface area contributed by atoms with E-state index in [4.69, 9.17) is 4.74 Å². The Labute approximate surface area is 107 Å². The number of benzene rings is 1. The molecule has 0 radical (unpaired) electrons. The van der Waals surface area contributed by atoms with Gasteiger partial charge in [0, 0.05) is 17.1 Å². The van der Waals surface area contributed by atoms with Crippen LogP contribution in [0.3, 0.4) is 0 Å². The van der Waals surface area contributed by atoms with Crippen LogP contribution in [-0.4, -0.2) is 23.7 Å². The van der Waals surface area contributed by atoms with Gasteiger partial charge in [0.25, 0.3) is 5.69 Å². The molecule has 0 amide bonds. The summed E-state index contributed by atoms with van der Waals surface area (Å²) >= 11 is 3.32. The van der Waals surface area contributed by atoms with Crippen molar-refractivity contribution in [2.24, 2.45) is 0 Å². The molecule has 1 heterocycles. The first-order valence-electron chi connectivity index (χ1n) is 5.40. The van der Waals surface area contributed by atoms with Crippen LogP contribution in [0.2, 0.25) is 0 Å². The number of nitro benzene ring substituents is 1. The fourth-order valence-corrected chi connectivity index (χ4v) is 2.27. The van der Waals surface area contributed by atoms with Crippen LogP contribution in [0.5, 0.6) is 0 Å². The molecule has 17 heavy (non-hydrogen) atoms. The molecule has 92 valence electrons. The SMILES string of the molecule is CC1OCCC1Nc1cc(Br)ccc1[N+](=O)[O-]. The molecule has 5 nitrogen and oxygen atoms in total. The minimum absolute atomic E-state index is 0.0774. The number of ether oxygens (including phenoxy) is 1. The number of nitro groups is 1. The maximum Gasteiger partial charge on any atom is 0.292 e. The molecule has 0 bridgehead atoms. The summed E-state index contributed by atoms with van der Waals surface area (Å²) in [6.07, 6.45) is 0.943. The standard InChI is InChI=1S/C11H13BrN2O3/c1-7-9(4-5-17-7)13-10-6-8(12)2-3-11(10)14(15)16/h2-3,6-7,9,13H,4-5H2,1H3. The van der Waals surface area contributed by atoms with Gasteiger partial charge in [-0.1, -0.05) is 15.9 Å². The van der Waals surface area contributed by atoms with E-state index in [9.17, 15) is 10.1 Å². The summed E-state index contributed by atoms with van der Waals surface area (Å²) in [6, 6.07) is 5.01. The third-order valence-corrected chi connectivity index (χ3v) is 3.37. The monoisotopic (exact) mass is 300 g/mol. The third kappa shape index (κ3) is 2.76. The molecule has 2 rings (SSSR count). The molecule has 1 fully saturated rings. The van der Waals surface area contributed by atoms with Gasteiger partial charge in [0.15, 0.2) is 0 Å². The van der Waals surface area contributed by atoms with Crippen LogP contribution >= 0.6 is 15.9 Å². The van der Waals surface area contributed by atoms with E-state index in [-0.39, 0.29) is 22.8 Å². The second-order valence-electron chi connectivity index (χ2n) is 4.03. The number of anilines is 1. The Kier molecular flexibility index (Phi) is 3.63. The Hall–Kier alpha value is -1.14. The Morgan fingerprint density at radius 3 is 2.94 bits per heavy atom. The highest BCUT2D eigenvalue weighted by molar-refractivity contribution is 9.10. The lowest BCUT2D eigenvalue weighted by Crippen LogP contribution is -2.27. The Balaban J connectivity index is 2.24. The highest BCUT2D eigenvalue weighted by Gasteiger charge is 2.26. The smallest absolute Gasteiger partial charge is 0.292 e. The van der Waals surface area contributed by atoms with Gasteiger partial charge in [0.2, 0.25) is 0 Å². The van der Waals surface area contributed by atoms with E-state index in [1.165, 1.54) is 6.07 Å². The second kappa shape index (κ2) is 5.01. The maximum atomic E-state index is 10.9. The minimum Gasteiger partial charge on any atom is -0.376 e. The number of rotatable bonds is 3. The molecule has 1 aromatic carbocycles. The van der Waals surface area contributed by atoms with Gasteiger partial charge in [-0.25, -0.2) is 0 Å². The minimum atomic E-state index is -0.380. The van der Waals surface area contributed by atoms with Crippen molar-refractivity contribution in [3.8, 4) is 0 Å². The summed E-state index contributed by atoms with van der Waals surface area (Å²) < 4.78 is 6.24. The number of nitrogens with one attached hydrogen (secondary N) is 1. The van der Waals surface area contributed by atoms with Gasteiger partial charge >= 0.3 is 0 Å². The lowest BCUT2D eigenvalue weighted by Gasteiger charge is -2.17. The molecule has 0 saturated carbocycles. The lowest BCUT2D eigenvalue weighted by molar-refractivity contribution is -0.384. The molecule has 2 atom stereocenters. The first-order valence-corrected chi connectivity index (χ1v) is 6.19. The fourth-order valence-electron chi connectivity index (χ4n) is 1.90. The summed E-state index contributed by atoms with van der Waals surface area (Å²) in [5, 5.41) is 14.1. The van der Waals surface area contributed by atoms with Gasteiger partial charge in [0.05, 0.1) is 17.1 Å². The molecule has 0 aliphatic carbocycles. The summed E-state index contributed by atoms with van der Waals surface area (Å²) in [4.78, 5) is 10.5. The van der Waals surface area contributed by atoms with Crippen LogP contribution in [0.4, 0.5) is 11.4 Å². The molecule has 1 aliphatic heterocycles. The molecule has 1 aliphatic rings. The average molecular weight is 301 g/mol. The van der Waals surface area contributed by atoms with Crippen LogP contribution in [0.15, 0.2) is 22.7 Å². The van der Waals surface area contributed by atoms with E-state index >= 15 is 0 Å². The molecular weight excluding hydrogens is 288 g/mol. The molecule has 0 spiro atoms. The first kappa shape index (κ1) is 12.3. The van der Waals surface area contributed by atoms with E-state index in [2.05, 4.69) is 21.2 Å². The molecule has 1 saturated heterocycles. The zero-order valence-corrected chi connectivity index (χ0v) is 10.9. The third-order valence-electron chi connectivity index (χ3n) is 2.87. The van der Waals surface area contributed by atoms with Crippen molar-refractivity contribution in [2.45, 2.75) is 25.5 Å². The van der Waals surface area contributed by atoms with Crippen molar-refractivity contribution < 1.29 is 9.66 Å². The number of hydrogen-bond donors (Lipinski definition) is 1. The van der Waals surface area contributed by atoms with E-state index in [0.29, 0.717) is 12.3 Å². The van der Waals surface area contributed by atoms with Crippen molar-refractivity contribution in [2.75, 3.05) is 11.9 Å². The van der Waals surface area contributed by atoms with Crippen molar-refractivity contribution >= 4 is 27.3 Å². The molecule has 1 N–H and O–H groups in total. The summed E-state index contributed by atoms with van der Waals surface area (Å²) in [6.45, 7) is 2.66. The fraction of sp³-hybridized carbons (Fsp3) is 0.455. The quantitative estimate of drug-likeness (QED) is 0.688. The number of hydrogen-bond acceptors (Lipinski definition) is 4. The van der Waals surface area contributed by atoms with Crippen LogP contribution < -0.4 is 5.32 Å². The van der Waals surface area contributed by atoms with Crippen molar-refractivity contribution in [3.63, 3.8) is 0 Å². The van der Waals surface area contributed by atoms with E-state index in [0.717, 1.165) is 10.9 Å². The van der Waals surface area contributed by atoms with Gasteiger partial charge in [-0.05, 0) is 25.5 Å². The summed E-state index contributed by atoms with van der Waals surface area (Å²) in [5.74, 6) is 0. The van der Waals surface area contributed by atoms with E-state index < -0.39 is 0 Å². The van der Waals surface area contributed by atoms with Crippen LogP contribution in [0.1, 0.15) is 13.3 Å². The van der Waals surface area contributed by atoms with Gasteiger partial charge in [-0.3, -0.25) is 10.1 Å². The Morgan fingerprint density at radius 2 is 2.35 bits per heavy atom. The Morgan fingerprint density at radius 1 is 1.59 bits per heavy atom.